The number of benzene rings is 2. The zero-order valence-corrected chi connectivity index (χ0v) is 11.7. The molecule has 21 heavy (non-hydrogen) atoms. The van der Waals surface area contributed by atoms with E-state index in [2.05, 4.69) is 9.89 Å². The summed E-state index contributed by atoms with van der Waals surface area (Å²) in [6, 6.07) is 14.3. The minimum atomic E-state index is -0.738. The van der Waals surface area contributed by atoms with Gasteiger partial charge in [-0.3, -0.25) is 0 Å². The molecule has 0 spiro atoms. The molecule has 0 saturated heterocycles. The van der Waals surface area contributed by atoms with Crippen LogP contribution in [0.3, 0.4) is 0 Å². The maximum absolute atomic E-state index is 11.6. The standard InChI is InChI=1S/C16H15NO4/c1-11-7-9-12(10-8-11)21-14-6-4-3-5-13(14)15(17-19)16(18)20-2/h3-10,19H,1-2H3/b17-15-. The van der Waals surface area contributed by atoms with Crippen molar-refractivity contribution in [1.29, 1.82) is 0 Å². The third-order valence-electron chi connectivity index (χ3n) is 2.87. The van der Waals surface area contributed by atoms with Crippen molar-refractivity contribution in [2.45, 2.75) is 6.92 Å². The number of oxime groups is 1. The van der Waals surface area contributed by atoms with Crippen LogP contribution in [0.1, 0.15) is 11.1 Å². The van der Waals surface area contributed by atoms with Gasteiger partial charge in [-0.15, -0.1) is 0 Å². The molecule has 0 aliphatic heterocycles. The first-order chi connectivity index (χ1) is 10.2. The van der Waals surface area contributed by atoms with Crippen LogP contribution in [0.4, 0.5) is 0 Å². The number of methoxy groups -OCH3 is 1. The van der Waals surface area contributed by atoms with Gasteiger partial charge in [-0.05, 0) is 31.2 Å². The summed E-state index contributed by atoms with van der Waals surface area (Å²) in [6.45, 7) is 1.98. The monoisotopic (exact) mass is 285 g/mol. The minimum absolute atomic E-state index is 0.208. The van der Waals surface area contributed by atoms with Crippen molar-refractivity contribution in [3.63, 3.8) is 0 Å². The maximum Gasteiger partial charge on any atom is 0.360 e. The number of hydrogen-bond donors (Lipinski definition) is 1. The highest BCUT2D eigenvalue weighted by molar-refractivity contribution is 6.43. The zero-order chi connectivity index (χ0) is 15.2. The molecular formula is C16H15NO4. The van der Waals surface area contributed by atoms with Crippen LogP contribution in [0.25, 0.3) is 0 Å². The molecule has 0 bridgehead atoms. The fourth-order valence-corrected chi connectivity index (χ4v) is 1.79. The number of rotatable bonds is 4. The Morgan fingerprint density at radius 3 is 2.38 bits per heavy atom. The molecule has 0 aliphatic carbocycles. The molecule has 5 nitrogen and oxygen atoms in total. The minimum Gasteiger partial charge on any atom is -0.464 e. The van der Waals surface area contributed by atoms with Gasteiger partial charge in [0, 0.05) is 0 Å². The van der Waals surface area contributed by atoms with E-state index in [0.717, 1.165) is 5.56 Å². The van der Waals surface area contributed by atoms with Gasteiger partial charge in [0.2, 0.25) is 0 Å². The van der Waals surface area contributed by atoms with Gasteiger partial charge in [-0.25, -0.2) is 4.79 Å². The summed E-state index contributed by atoms with van der Waals surface area (Å²) in [4.78, 5) is 11.6. The topological polar surface area (TPSA) is 68.1 Å². The van der Waals surface area contributed by atoms with Crippen molar-refractivity contribution in [2.24, 2.45) is 5.16 Å². The second-order valence-corrected chi connectivity index (χ2v) is 4.35. The Morgan fingerprint density at radius 2 is 1.76 bits per heavy atom. The molecule has 0 fully saturated rings. The number of ether oxygens (including phenoxy) is 2. The Bertz CT molecular complexity index is 662. The van der Waals surface area contributed by atoms with E-state index in [4.69, 9.17) is 9.94 Å². The predicted octanol–water partition coefficient (Wildman–Crippen LogP) is 3.14. The first kappa shape index (κ1) is 14.6. The van der Waals surface area contributed by atoms with Gasteiger partial charge in [0.05, 0.1) is 12.7 Å². The molecule has 0 heterocycles. The van der Waals surface area contributed by atoms with Gasteiger partial charge in [0.1, 0.15) is 11.5 Å². The van der Waals surface area contributed by atoms with E-state index in [1.54, 1.807) is 24.3 Å². The van der Waals surface area contributed by atoms with Crippen LogP contribution in [-0.2, 0) is 9.53 Å². The number of hydrogen-bond acceptors (Lipinski definition) is 5. The van der Waals surface area contributed by atoms with Crippen molar-refractivity contribution in [3.8, 4) is 11.5 Å². The average molecular weight is 285 g/mol. The Labute approximate surface area is 122 Å². The third kappa shape index (κ3) is 3.39. The van der Waals surface area contributed by atoms with Gasteiger partial charge in [0.15, 0.2) is 5.71 Å². The lowest BCUT2D eigenvalue weighted by Crippen LogP contribution is -2.17. The second-order valence-electron chi connectivity index (χ2n) is 4.35. The van der Waals surface area contributed by atoms with E-state index < -0.39 is 5.97 Å². The highest BCUT2D eigenvalue weighted by atomic mass is 16.5. The first-order valence-corrected chi connectivity index (χ1v) is 6.30. The second kappa shape index (κ2) is 6.56. The van der Waals surface area contributed by atoms with Gasteiger partial charge in [-0.1, -0.05) is 35.0 Å². The highest BCUT2D eigenvalue weighted by Crippen LogP contribution is 2.26. The molecule has 0 unspecified atom stereocenters. The van der Waals surface area contributed by atoms with Crippen molar-refractivity contribution >= 4 is 11.7 Å². The molecule has 5 heteroatoms. The van der Waals surface area contributed by atoms with E-state index in [9.17, 15) is 4.79 Å². The van der Waals surface area contributed by atoms with Gasteiger partial charge in [0.25, 0.3) is 0 Å². The molecule has 0 aromatic heterocycles. The van der Waals surface area contributed by atoms with Crippen molar-refractivity contribution in [2.75, 3.05) is 7.11 Å². The number of para-hydroxylation sites is 1. The molecule has 2 aromatic carbocycles. The van der Waals surface area contributed by atoms with E-state index in [-0.39, 0.29) is 5.71 Å². The summed E-state index contributed by atoms with van der Waals surface area (Å²) >= 11 is 0. The number of esters is 1. The third-order valence-corrected chi connectivity index (χ3v) is 2.87. The lowest BCUT2D eigenvalue weighted by atomic mass is 10.1. The van der Waals surface area contributed by atoms with Crippen LogP contribution < -0.4 is 4.74 Å². The summed E-state index contributed by atoms with van der Waals surface area (Å²) < 4.78 is 10.3. The summed E-state index contributed by atoms with van der Waals surface area (Å²) in [7, 11) is 1.22. The van der Waals surface area contributed by atoms with E-state index >= 15 is 0 Å². The number of carbonyl (C=O) groups is 1. The molecule has 2 rings (SSSR count). The maximum atomic E-state index is 11.6. The number of carbonyl (C=O) groups excluding carboxylic acids is 1. The molecule has 1 N–H and O–H groups in total. The molecule has 108 valence electrons. The molecule has 0 radical (unpaired) electrons. The SMILES string of the molecule is COC(=O)/C(=N\O)c1ccccc1Oc1ccc(C)cc1. The lowest BCUT2D eigenvalue weighted by molar-refractivity contribution is -0.132. The summed E-state index contributed by atoms with van der Waals surface area (Å²) in [6.07, 6.45) is 0. The predicted molar refractivity (Wildman–Crippen MR) is 78.0 cm³/mol. The van der Waals surface area contributed by atoms with Crippen molar-refractivity contribution < 1.29 is 19.5 Å². The fraction of sp³-hybridized carbons (Fsp3) is 0.125. The van der Waals surface area contributed by atoms with Gasteiger partial charge < -0.3 is 14.7 Å². The van der Waals surface area contributed by atoms with Crippen LogP contribution in [0.15, 0.2) is 53.7 Å². The Morgan fingerprint density at radius 1 is 1.10 bits per heavy atom. The fourth-order valence-electron chi connectivity index (χ4n) is 1.79. The van der Waals surface area contributed by atoms with Crippen LogP contribution in [0.5, 0.6) is 11.5 Å². The molecular weight excluding hydrogens is 270 g/mol. The lowest BCUT2D eigenvalue weighted by Gasteiger charge is -2.11. The molecule has 0 aliphatic rings. The first-order valence-electron chi connectivity index (χ1n) is 6.30. The highest BCUT2D eigenvalue weighted by Gasteiger charge is 2.19. The Hall–Kier alpha value is -2.82. The smallest absolute Gasteiger partial charge is 0.360 e. The Kier molecular flexibility index (Phi) is 4.56. The number of nitrogens with zero attached hydrogens (tertiary/aromatic N) is 1. The van der Waals surface area contributed by atoms with Gasteiger partial charge >= 0.3 is 5.97 Å². The zero-order valence-electron chi connectivity index (χ0n) is 11.7. The van der Waals surface area contributed by atoms with E-state index in [1.165, 1.54) is 7.11 Å². The van der Waals surface area contributed by atoms with Crippen LogP contribution in [0, 0.1) is 6.92 Å². The molecule has 0 atom stereocenters. The average Bonchev–Trinajstić information content (AvgIpc) is 2.51. The number of aryl methyl sites for hydroxylation is 1. The van der Waals surface area contributed by atoms with Crippen LogP contribution in [-0.4, -0.2) is 24.0 Å². The molecule has 0 saturated carbocycles. The van der Waals surface area contributed by atoms with Crippen molar-refractivity contribution in [1.82, 2.24) is 0 Å². The molecule has 0 amide bonds. The van der Waals surface area contributed by atoms with E-state index in [0.29, 0.717) is 17.1 Å². The summed E-state index contributed by atoms with van der Waals surface area (Å²) in [5, 5.41) is 12.0. The summed E-state index contributed by atoms with van der Waals surface area (Å²) in [5.41, 5.74) is 1.26. The normalized spacial score (nSPS) is 11.0. The molecule has 2 aromatic rings. The van der Waals surface area contributed by atoms with E-state index in [1.807, 2.05) is 31.2 Å². The van der Waals surface area contributed by atoms with Crippen LogP contribution >= 0.6 is 0 Å². The van der Waals surface area contributed by atoms with Crippen molar-refractivity contribution in [3.05, 3.63) is 59.7 Å². The largest absolute Gasteiger partial charge is 0.464 e. The summed E-state index contributed by atoms with van der Waals surface area (Å²) in [5.74, 6) is 0.284. The van der Waals surface area contributed by atoms with Gasteiger partial charge in [-0.2, -0.15) is 0 Å². The quantitative estimate of drug-likeness (QED) is 0.405. The van der Waals surface area contributed by atoms with Crippen LogP contribution in [0.2, 0.25) is 0 Å². The Balaban J connectivity index is 2.37.